The number of benzene rings is 2. The molecule has 0 saturated carbocycles. The van der Waals surface area contributed by atoms with Crippen molar-refractivity contribution in [3.8, 4) is 11.5 Å². The third-order valence-corrected chi connectivity index (χ3v) is 3.67. The fraction of sp³-hybridized carbons (Fsp3) is 0.200. The topological polar surface area (TPSA) is 43.6 Å². The molecule has 0 amide bonds. The summed E-state index contributed by atoms with van der Waals surface area (Å²) in [5.74, 6) is 2.41. The zero-order valence-corrected chi connectivity index (χ0v) is 14.9. The zero-order chi connectivity index (χ0) is 16.6. The second-order valence-corrected chi connectivity index (χ2v) is 5.44. The molecule has 0 aliphatic rings. The summed E-state index contributed by atoms with van der Waals surface area (Å²) in [6.07, 6.45) is 1.68. The number of hydrogen-bond donors (Lipinski definition) is 1. The molecule has 2 aromatic carbocycles. The maximum absolute atomic E-state index is 5.87. The molecule has 0 atom stereocenters. The smallest absolute Gasteiger partial charge is 0.161 e. The number of hydrogen-bond acceptors (Lipinski definition) is 4. The van der Waals surface area contributed by atoms with Gasteiger partial charge in [0.25, 0.3) is 0 Å². The summed E-state index contributed by atoms with van der Waals surface area (Å²) < 4.78 is 16.6. The molecule has 0 bridgehead atoms. The molecule has 1 heterocycles. The highest BCUT2D eigenvalue weighted by Crippen LogP contribution is 2.28. The van der Waals surface area contributed by atoms with Gasteiger partial charge in [-0.3, -0.25) is 0 Å². The monoisotopic (exact) mass is 359 g/mol. The van der Waals surface area contributed by atoms with Crippen molar-refractivity contribution < 1.29 is 13.9 Å². The van der Waals surface area contributed by atoms with Crippen molar-refractivity contribution in [1.82, 2.24) is 5.32 Å². The first-order valence-electron chi connectivity index (χ1n) is 7.92. The third kappa shape index (κ3) is 5.55. The lowest BCUT2D eigenvalue weighted by molar-refractivity contribution is 0.284. The summed E-state index contributed by atoms with van der Waals surface area (Å²) in [6.45, 7) is 1.95. The van der Waals surface area contributed by atoms with E-state index in [9.17, 15) is 0 Å². The Bertz CT molecular complexity index is 745. The van der Waals surface area contributed by atoms with Crippen LogP contribution in [0.15, 0.2) is 71.3 Å². The normalized spacial score (nSPS) is 10.1. The van der Waals surface area contributed by atoms with Gasteiger partial charge in [0.1, 0.15) is 12.4 Å². The first kappa shape index (κ1) is 18.9. The predicted molar refractivity (Wildman–Crippen MR) is 100 cm³/mol. The number of rotatable bonds is 8. The van der Waals surface area contributed by atoms with Gasteiger partial charge in [-0.15, -0.1) is 12.4 Å². The quantitative estimate of drug-likeness (QED) is 0.639. The van der Waals surface area contributed by atoms with Crippen molar-refractivity contribution in [2.75, 3.05) is 7.11 Å². The van der Waals surface area contributed by atoms with Crippen LogP contribution in [0.1, 0.15) is 16.9 Å². The van der Waals surface area contributed by atoms with Crippen LogP contribution in [0.3, 0.4) is 0 Å². The van der Waals surface area contributed by atoms with E-state index in [0.29, 0.717) is 13.2 Å². The molecule has 0 aliphatic carbocycles. The molecule has 5 heteroatoms. The molecule has 3 aromatic rings. The number of methoxy groups -OCH3 is 1. The number of ether oxygens (including phenoxy) is 2. The molecule has 132 valence electrons. The lowest BCUT2D eigenvalue weighted by atomic mass is 10.2. The van der Waals surface area contributed by atoms with Crippen LogP contribution in [0.2, 0.25) is 0 Å². The summed E-state index contributed by atoms with van der Waals surface area (Å²) in [5, 5.41) is 3.34. The fourth-order valence-electron chi connectivity index (χ4n) is 2.42. The Labute approximate surface area is 154 Å². The van der Waals surface area contributed by atoms with E-state index in [-0.39, 0.29) is 12.4 Å². The van der Waals surface area contributed by atoms with Gasteiger partial charge in [0.15, 0.2) is 11.5 Å². The van der Waals surface area contributed by atoms with Crippen LogP contribution in [0.5, 0.6) is 11.5 Å². The van der Waals surface area contributed by atoms with E-state index in [0.717, 1.165) is 34.9 Å². The summed E-state index contributed by atoms with van der Waals surface area (Å²) in [7, 11) is 1.66. The predicted octanol–water partition coefficient (Wildman–Crippen LogP) is 4.58. The maximum atomic E-state index is 5.87. The molecular formula is C20H22ClNO3. The molecule has 25 heavy (non-hydrogen) atoms. The highest BCUT2D eigenvalue weighted by atomic mass is 35.5. The second kappa shape index (κ2) is 9.77. The van der Waals surface area contributed by atoms with Crippen molar-refractivity contribution in [3.05, 3.63) is 83.8 Å². The molecule has 4 nitrogen and oxygen atoms in total. The largest absolute Gasteiger partial charge is 0.493 e. The van der Waals surface area contributed by atoms with Gasteiger partial charge in [-0.05, 0) is 35.4 Å². The van der Waals surface area contributed by atoms with Crippen molar-refractivity contribution in [1.29, 1.82) is 0 Å². The Morgan fingerprint density at radius 1 is 0.880 bits per heavy atom. The van der Waals surface area contributed by atoms with Gasteiger partial charge in [-0.2, -0.15) is 0 Å². The van der Waals surface area contributed by atoms with E-state index in [1.54, 1.807) is 13.4 Å². The average Bonchev–Trinajstić information content (AvgIpc) is 3.15. The maximum Gasteiger partial charge on any atom is 0.161 e. The SMILES string of the molecule is COc1cc(CNCc2ccco2)ccc1OCc1ccccc1.Cl. The Morgan fingerprint density at radius 3 is 2.44 bits per heavy atom. The highest BCUT2D eigenvalue weighted by Gasteiger charge is 2.06. The average molecular weight is 360 g/mol. The molecule has 0 spiro atoms. The third-order valence-electron chi connectivity index (χ3n) is 3.67. The Balaban J connectivity index is 0.00000225. The number of furan rings is 1. The first-order chi connectivity index (χ1) is 11.8. The van der Waals surface area contributed by atoms with Crippen LogP contribution in [-0.4, -0.2) is 7.11 Å². The second-order valence-electron chi connectivity index (χ2n) is 5.44. The Morgan fingerprint density at radius 2 is 1.72 bits per heavy atom. The van der Waals surface area contributed by atoms with Gasteiger partial charge in [-0.1, -0.05) is 36.4 Å². The Kier molecular flexibility index (Phi) is 7.38. The Hall–Kier alpha value is -2.43. The molecule has 0 aliphatic heterocycles. The number of nitrogens with one attached hydrogen (secondary N) is 1. The van der Waals surface area contributed by atoms with E-state index < -0.39 is 0 Å². The summed E-state index contributed by atoms with van der Waals surface area (Å²) >= 11 is 0. The van der Waals surface area contributed by atoms with E-state index in [4.69, 9.17) is 13.9 Å². The van der Waals surface area contributed by atoms with Crippen LogP contribution in [0.25, 0.3) is 0 Å². The van der Waals surface area contributed by atoms with Crippen molar-refractivity contribution >= 4 is 12.4 Å². The van der Waals surface area contributed by atoms with Crippen LogP contribution in [-0.2, 0) is 19.7 Å². The van der Waals surface area contributed by atoms with Crippen LogP contribution >= 0.6 is 12.4 Å². The molecule has 1 aromatic heterocycles. The van der Waals surface area contributed by atoms with E-state index in [1.807, 2.05) is 60.7 Å². The molecule has 0 saturated heterocycles. The van der Waals surface area contributed by atoms with Crippen molar-refractivity contribution in [3.63, 3.8) is 0 Å². The van der Waals surface area contributed by atoms with Crippen LogP contribution in [0, 0.1) is 0 Å². The van der Waals surface area contributed by atoms with Gasteiger partial charge in [0, 0.05) is 6.54 Å². The summed E-state index contributed by atoms with van der Waals surface area (Å²) in [4.78, 5) is 0. The molecule has 3 rings (SSSR count). The molecule has 0 unspecified atom stereocenters. The highest BCUT2D eigenvalue weighted by molar-refractivity contribution is 5.85. The minimum Gasteiger partial charge on any atom is -0.493 e. The van der Waals surface area contributed by atoms with Gasteiger partial charge in [0.2, 0.25) is 0 Å². The lowest BCUT2D eigenvalue weighted by Crippen LogP contribution is -2.12. The van der Waals surface area contributed by atoms with Crippen molar-refractivity contribution in [2.24, 2.45) is 0 Å². The summed E-state index contributed by atoms with van der Waals surface area (Å²) in [5.41, 5.74) is 2.26. The van der Waals surface area contributed by atoms with Gasteiger partial charge < -0.3 is 19.2 Å². The molecular weight excluding hydrogens is 338 g/mol. The van der Waals surface area contributed by atoms with E-state index in [1.165, 1.54) is 0 Å². The van der Waals surface area contributed by atoms with Gasteiger partial charge >= 0.3 is 0 Å². The first-order valence-corrected chi connectivity index (χ1v) is 7.92. The minimum absolute atomic E-state index is 0. The lowest BCUT2D eigenvalue weighted by Gasteiger charge is -2.12. The van der Waals surface area contributed by atoms with Gasteiger partial charge in [0.05, 0.1) is 19.9 Å². The van der Waals surface area contributed by atoms with E-state index >= 15 is 0 Å². The fourth-order valence-corrected chi connectivity index (χ4v) is 2.42. The molecule has 1 N–H and O–H groups in total. The number of halogens is 1. The molecule has 0 radical (unpaired) electrons. The van der Waals surface area contributed by atoms with Crippen LogP contribution < -0.4 is 14.8 Å². The minimum atomic E-state index is 0. The molecule has 0 fully saturated rings. The standard InChI is InChI=1S/C20H21NO3.ClH/c1-22-20-12-17(13-21-14-18-8-5-11-23-18)9-10-19(20)24-15-16-6-3-2-4-7-16;/h2-12,21H,13-15H2,1H3;1H. The van der Waals surface area contributed by atoms with Gasteiger partial charge in [-0.25, -0.2) is 0 Å². The van der Waals surface area contributed by atoms with Crippen LogP contribution in [0.4, 0.5) is 0 Å². The zero-order valence-electron chi connectivity index (χ0n) is 14.1. The summed E-state index contributed by atoms with van der Waals surface area (Å²) in [6, 6.07) is 19.9. The van der Waals surface area contributed by atoms with E-state index in [2.05, 4.69) is 5.32 Å². The van der Waals surface area contributed by atoms with Crippen molar-refractivity contribution in [2.45, 2.75) is 19.7 Å².